The van der Waals surface area contributed by atoms with Crippen LogP contribution in [0, 0.1) is 11.6 Å². The van der Waals surface area contributed by atoms with E-state index in [2.05, 4.69) is 0 Å². The Morgan fingerprint density at radius 2 is 1.58 bits per heavy atom. The summed E-state index contributed by atoms with van der Waals surface area (Å²) < 4.78 is 55.3. The standard InChI is InChI=1S/C23H17F2NO4S/c24-18-5-1-3-15(11-18)16-4-2-6-20(12-16)31(29,30)26-14-17(7-10-23(27)28)21-13-19(25)8-9-22(21)26/h1-6,8-9,11-14H,7,10H2,(H,27,28). The van der Waals surface area contributed by atoms with Crippen LogP contribution in [0.15, 0.2) is 77.8 Å². The van der Waals surface area contributed by atoms with Crippen LogP contribution in [0.5, 0.6) is 0 Å². The normalized spacial score (nSPS) is 11.7. The van der Waals surface area contributed by atoms with Gasteiger partial charge in [0.25, 0.3) is 10.0 Å². The van der Waals surface area contributed by atoms with Crippen molar-refractivity contribution in [3.8, 4) is 11.1 Å². The maximum absolute atomic E-state index is 13.8. The maximum Gasteiger partial charge on any atom is 0.303 e. The smallest absolute Gasteiger partial charge is 0.303 e. The van der Waals surface area contributed by atoms with Crippen LogP contribution in [-0.2, 0) is 21.2 Å². The van der Waals surface area contributed by atoms with E-state index in [4.69, 9.17) is 5.11 Å². The van der Waals surface area contributed by atoms with Gasteiger partial charge in [0.2, 0.25) is 0 Å². The molecule has 0 radical (unpaired) electrons. The van der Waals surface area contributed by atoms with Crippen molar-refractivity contribution >= 4 is 26.9 Å². The molecule has 0 aliphatic heterocycles. The van der Waals surface area contributed by atoms with Crippen molar-refractivity contribution in [2.45, 2.75) is 17.7 Å². The van der Waals surface area contributed by atoms with Gasteiger partial charge in [0.15, 0.2) is 0 Å². The number of fused-ring (bicyclic) bond motifs is 1. The number of hydrogen-bond acceptors (Lipinski definition) is 3. The van der Waals surface area contributed by atoms with E-state index >= 15 is 0 Å². The number of nitrogens with zero attached hydrogens (tertiary/aromatic N) is 1. The molecule has 5 nitrogen and oxygen atoms in total. The maximum atomic E-state index is 13.8. The van der Waals surface area contributed by atoms with E-state index in [9.17, 15) is 22.0 Å². The summed E-state index contributed by atoms with van der Waals surface area (Å²) >= 11 is 0. The molecule has 0 saturated heterocycles. The molecule has 0 amide bonds. The quantitative estimate of drug-likeness (QED) is 0.465. The van der Waals surface area contributed by atoms with Crippen LogP contribution < -0.4 is 0 Å². The molecule has 3 aromatic carbocycles. The Morgan fingerprint density at radius 1 is 0.903 bits per heavy atom. The van der Waals surface area contributed by atoms with Gasteiger partial charge in [-0.3, -0.25) is 4.79 Å². The summed E-state index contributed by atoms with van der Waals surface area (Å²) in [4.78, 5) is 10.9. The Labute approximate surface area is 177 Å². The fourth-order valence-corrected chi connectivity index (χ4v) is 4.93. The van der Waals surface area contributed by atoms with Gasteiger partial charge in [-0.25, -0.2) is 21.2 Å². The van der Waals surface area contributed by atoms with Gasteiger partial charge in [0, 0.05) is 18.0 Å². The minimum atomic E-state index is -4.08. The molecule has 0 atom stereocenters. The lowest BCUT2D eigenvalue weighted by atomic mass is 10.1. The predicted octanol–water partition coefficient (Wildman–Crippen LogP) is 4.84. The molecule has 1 N–H and O–H groups in total. The van der Waals surface area contributed by atoms with E-state index in [0.717, 1.165) is 10.0 Å². The summed E-state index contributed by atoms with van der Waals surface area (Å²) in [5.74, 6) is -2.03. The zero-order chi connectivity index (χ0) is 22.2. The molecule has 1 heterocycles. The average Bonchev–Trinajstić information content (AvgIpc) is 3.11. The topological polar surface area (TPSA) is 76.4 Å². The van der Waals surface area contributed by atoms with Crippen LogP contribution in [0.3, 0.4) is 0 Å². The number of halogens is 2. The third-order valence-electron chi connectivity index (χ3n) is 4.97. The average molecular weight is 441 g/mol. The molecule has 4 rings (SSSR count). The number of aliphatic carboxylic acids is 1. The molecule has 0 aliphatic rings. The van der Waals surface area contributed by atoms with Gasteiger partial charge in [-0.15, -0.1) is 0 Å². The first-order valence-electron chi connectivity index (χ1n) is 9.38. The van der Waals surface area contributed by atoms with Crippen LogP contribution in [0.25, 0.3) is 22.0 Å². The van der Waals surface area contributed by atoms with Crippen LogP contribution in [0.1, 0.15) is 12.0 Å². The van der Waals surface area contributed by atoms with Crippen molar-refractivity contribution in [1.29, 1.82) is 0 Å². The monoisotopic (exact) mass is 441 g/mol. The van der Waals surface area contributed by atoms with Crippen molar-refractivity contribution in [2.75, 3.05) is 0 Å². The highest BCUT2D eigenvalue weighted by atomic mass is 32.2. The molecule has 0 unspecified atom stereocenters. The van der Waals surface area contributed by atoms with Crippen molar-refractivity contribution in [1.82, 2.24) is 3.97 Å². The second kappa shape index (κ2) is 7.96. The molecule has 0 fully saturated rings. The lowest BCUT2D eigenvalue weighted by Gasteiger charge is -2.10. The lowest BCUT2D eigenvalue weighted by molar-refractivity contribution is -0.136. The van der Waals surface area contributed by atoms with Crippen molar-refractivity contribution in [3.63, 3.8) is 0 Å². The van der Waals surface area contributed by atoms with Gasteiger partial charge in [-0.05, 0) is 65.6 Å². The van der Waals surface area contributed by atoms with Gasteiger partial charge in [0.1, 0.15) is 11.6 Å². The Bertz CT molecular complexity index is 1410. The molecule has 0 saturated carbocycles. The summed E-state index contributed by atoms with van der Waals surface area (Å²) in [6.45, 7) is 0. The molecule has 158 valence electrons. The zero-order valence-corrected chi connectivity index (χ0v) is 16.9. The molecule has 0 spiro atoms. The summed E-state index contributed by atoms with van der Waals surface area (Å²) in [6.07, 6.45) is 1.17. The molecule has 8 heteroatoms. The molecule has 31 heavy (non-hydrogen) atoms. The van der Waals surface area contributed by atoms with E-state index < -0.39 is 27.6 Å². The Balaban J connectivity index is 1.84. The summed E-state index contributed by atoms with van der Waals surface area (Å²) in [5.41, 5.74) is 1.72. The molecule has 0 aliphatic carbocycles. The highest BCUT2D eigenvalue weighted by Gasteiger charge is 2.22. The first-order chi connectivity index (χ1) is 14.8. The fraction of sp³-hybridized carbons (Fsp3) is 0.0870. The fourth-order valence-electron chi connectivity index (χ4n) is 3.50. The first kappa shape index (κ1) is 20.7. The number of hydrogen-bond donors (Lipinski definition) is 1. The number of carbonyl (C=O) groups is 1. The number of carboxylic acids is 1. The van der Waals surface area contributed by atoms with E-state index in [1.807, 2.05) is 0 Å². The van der Waals surface area contributed by atoms with Gasteiger partial charge in [-0.1, -0.05) is 24.3 Å². The van der Waals surface area contributed by atoms with Crippen LogP contribution >= 0.6 is 0 Å². The number of carboxylic acid groups (broad SMARTS) is 1. The van der Waals surface area contributed by atoms with Gasteiger partial charge in [-0.2, -0.15) is 0 Å². The van der Waals surface area contributed by atoms with Crippen LogP contribution in [0.4, 0.5) is 8.78 Å². The summed E-state index contributed by atoms with van der Waals surface area (Å²) in [5, 5.41) is 9.32. The van der Waals surface area contributed by atoms with Crippen molar-refractivity contribution in [3.05, 3.63) is 90.1 Å². The molecule has 0 bridgehead atoms. The van der Waals surface area contributed by atoms with Crippen LogP contribution in [0.2, 0.25) is 0 Å². The van der Waals surface area contributed by atoms with Gasteiger partial charge in [0.05, 0.1) is 10.4 Å². The molecular weight excluding hydrogens is 424 g/mol. The van der Waals surface area contributed by atoms with Gasteiger partial charge < -0.3 is 5.11 Å². The van der Waals surface area contributed by atoms with Gasteiger partial charge >= 0.3 is 5.97 Å². The summed E-state index contributed by atoms with van der Waals surface area (Å²) in [7, 11) is -4.08. The largest absolute Gasteiger partial charge is 0.481 e. The van der Waals surface area contributed by atoms with E-state index in [1.54, 1.807) is 18.2 Å². The Kier molecular flexibility index (Phi) is 5.32. The minimum Gasteiger partial charge on any atom is -0.481 e. The van der Waals surface area contributed by atoms with Crippen molar-refractivity contribution in [2.24, 2.45) is 0 Å². The first-order valence-corrected chi connectivity index (χ1v) is 10.8. The predicted molar refractivity (Wildman–Crippen MR) is 112 cm³/mol. The molecular formula is C23H17F2NO4S. The second-order valence-corrected chi connectivity index (χ2v) is 8.86. The Hall–Kier alpha value is -3.52. The number of aryl methyl sites for hydroxylation is 1. The van der Waals surface area contributed by atoms with E-state index in [1.165, 1.54) is 48.7 Å². The van der Waals surface area contributed by atoms with Crippen molar-refractivity contribution < 1.29 is 27.1 Å². The second-order valence-electron chi connectivity index (χ2n) is 7.05. The highest BCUT2D eigenvalue weighted by molar-refractivity contribution is 7.90. The Morgan fingerprint density at radius 3 is 2.29 bits per heavy atom. The highest BCUT2D eigenvalue weighted by Crippen LogP contribution is 2.29. The van der Waals surface area contributed by atoms with Crippen LogP contribution in [-0.4, -0.2) is 23.5 Å². The third-order valence-corrected chi connectivity index (χ3v) is 6.64. The van der Waals surface area contributed by atoms with E-state index in [0.29, 0.717) is 22.1 Å². The SMILES string of the molecule is O=C(O)CCc1cn(S(=O)(=O)c2cccc(-c3cccc(F)c3)c2)c2ccc(F)cc12. The minimum absolute atomic E-state index is 0.0275. The zero-order valence-electron chi connectivity index (χ0n) is 16.1. The molecule has 4 aromatic rings. The number of benzene rings is 3. The lowest BCUT2D eigenvalue weighted by Crippen LogP contribution is -2.12. The molecule has 1 aromatic heterocycles. The number of rotatable bonds is 6. The number of aromatic nitrogens is 1. The summed E-state index contributed by atoms with van der Waals surface area (Å²) in [6, 6.07) is 15.6. The van der Waals surface area contributed by atoms with E-state index in [-0.39, 0.29) is 23.3 Å². The third kappa shape index (κ3) is 4.06.